The van der Waals surface area contributed by atoms with Gasteiger partial charge in [-0.1, -0.05) is 48.5 Å². The lowest BCUT2D eigenvalue weighted by Gasteiger charge is -2.30. The second-order valence-electron chi connectivity index (χ2n) is 8.44. The zero-order chi connectivity index (χ0) is 24.3. The van der Waals surface area contributed by atoms with Gasteiger partial charge in [0.15, 0.2) is 0 Å². The molecule has 0 bridgehead atoms. The molecule has 6 nitrogen and oxygen atoms in total. The second-order valence-corrected chi connectivity index (χ2v) is 10.1. The van der Waals surface area contributed by atoms with E-state index in [0.29, 0.717) is 16.9 Å². The Balaban J connectivity index is 1.25. The van der Waals surface area contributed by atoms with Crippen LogP contribution in [-0.4, -0.2) is 20.9 Å². The molecule has 0 aromatic heterocycles. The maximum Gasteiger partial charge on any atom is 0.261 e. The molecule has 0 aliphatic carbocycles. The highest BCUT2D eigenvalue weighted by Gasteiger charge is 2.17. The minimum atomic E-state index is -3.71. The first-order valence-electron chi connectivity index (χ1n) is 11.4. The molecular formula is C28H25N3O3S. The van der Waals surface area contributed by atoms with Crippen molar-refractivity contribution in [2.45, 2.75) is 17.9 Å². The maximum atomic E-state index is 12.8. The summed E-state index contributed by atoms with van der Waals surface area (Å²) >= 11 is 0. The molecule has 0 atom stereocenters. The highest BCUT2D eigenvalue weighted by atomic mass is 32.2. The lowest BCUT2D eigenvalue weighted by Crippen LogP contribution is -2.30. The molecule has 4 aromatic carbocycles. The summed E-state index contributed by atoms with van der Waals surface area (Å²) in [6.45, 7) is 1.79. The lowest BCUT2D eigenvalue weighted by atomic mass is 9.99. The second kappa shape index (κ2) is 9.64. The molecular weight excluding hydrogens is 458 g/mol. The Morgan fingerprint density at radius 2 is 1.43 bits per heavy atom. The fourth-order valence-corrected chi connectivity index (χ4v) is 5.29. The minimum absolute atomic E-state index is 0.173. The number of benzene rings is 4. The molecule has 0 saturated carbocycles. The SMILES string of the molecule is O=C(Nc1cccc(NS(=O)(=O)c2ccccc2)c1)c1ccc(N2CCc3ccccc3C2)cc1. The summed E-state index contributed by atoms with van der Waals surface area (Å²) in [5.41, 5.74) is 5.21. The predicted molar refractivity (Wildman–Crippen MR) is 139 cm³/mol. The number of sulfonamides is 1. The lowest BCUT2D eigenvalue weighted by molar-refractivity contribution is 0.102. The van der Waals surface area contributed by atoms with Gasteiger partial charge in [-0.05, 0) is 72.1 Å². The van der Waals surface area contributed by atoms with E-state index in [0.717, 1.165) is 25.2 Å². The molecule has 1 aliphatic heterocycles. The summed E-state index contributed by atoms with van der Waals surface area (Å²) in [5, 5.41) is 2.85. The molecule has 0 fully saturated rings. The molecule has 35 heavy (non-hydrogen) atoms. The van der Waals surface area contributed by atoms with Gasteiger partial charge in [0.25, 0.3) is 15.9 Å². The predicted octanol–water partition coefficient (Wildman–Crippen LogP) is 5.30. The van der Waals surface area contributed by atoms with Crippen molar-refractivity contribution < 1.29 is 13.2 Å². The van der Waals surface area contributed by atoms with E-state index in [4.69, 9.17) is 0 Å². The number of hydrogen-bond donors (Lipinski definition) is 2. The molecule has 1 amide bonds. The van der Waals surface area contributed by atoms with Crippen molar-refractivity contribution in [3.05, 3.63) is 120 Å². The van der Waals surface area contributed by atoms with Gasteiger partial charge in [-0.3, -0.25) is 9.52 Å². The highest BCUT2D eigenvalue weighted by molar-refractivity contribution is 7.92. The quantitative estimate of drug-likeness (QED) is 0.390. The van der Waals surface area contributed by atoms with E-state index in [9.17, 15) is 13.2 Å². The third-order valence-corrected chi connectivity index (χ3v) is 7.45. The number of hydrogen-bond acceptors (Lipinski definition) is 4. The van der Waals surface area contributed by atoms with Crippen LogP contribution in [0.4, 0.5) is 17.1 Å². The Kier molecular flexibility index (Phi) is 6.25. The van der Waals surface area contributed by atoms with Gasteiger partial charge >= 0.3 is 0 Å². The van der Waals surface area contributed by atoms with Crippen molar-refractivity contribution in [3.8, 4) is 0 Å². The molecule has 0 spiro atoms. The number of amides is 1. The summed E-state index contributed by atoms with van der Waals surface area (Å²) in [5.74, 6) is -0.261. The molecule has 0 radical (unpaired) electrons. The minimum Gasteiger partial charge on any atom is -0.367 e. The molecule has 7 heteroatoms. The highest BCUT2D eigenvalue weighted by Crippen LogP contribution is 2.25. The van der Waals surface area contributed by atoms with Gasteiger partial charge in [-0.25, -0.2) is 8.42 Å². The van der Waals surface area contributed by atoms with Crippen LogP contribution < -0.4 is 14.9 Å². The Bertz CT molecular complexity index is 1450. The number of anilines is 3. The first kappa shape index (κ1) is 22.7. The first-order chi connectivity index (χ1) is 17.0. The molecule has 5 rings (SSSR count). The molecule has 2 N–H and O–H groups in total. The smallest absolute Gasteiger partial charge is 0.261 e. The van der Waals surface area contributed by atoms with E-state index in [1.165, 1.54) is 23.3 Å². The summed E-state index contributed by atoms with van der Waals surface area (Å²) in [6, 6.07) is 30.8. The summed E-state index contributed by atoms with van der Waals surface area (Å²) in [7, 11) is -3.71. The van der Waals surface area contributed by atoms with Crippen molar-refractivity contribution in [2.24, 2.45) is 0 Å². The maximum absolute atomic E-state index is 12.8. The number of carbonyl (C=O) groups excluding carboxylic acids is 1. The van der Waals surface area contributed by atoms with E-state index in [-0.39, 0.29) is 10.8 Å². The fourth-order valence-electron chi connectivity index (χ4n) is 4.22. The molecule has 0 saturated heterocycles. The van der Waals surface area contributed by atoms with Crippen LogP contribution in [-0.2, 0) is 23.0 Å². The van der Waals surface area contributed by atoms with Crippen LogP contribution in [0.2, 0.25) is 0 Å². The number of fused-ring (bicyclic) bond motifs is 1. The largest absolute Gasteiger partial charge is 0.367 e. The van der Waals surface area contributed by atoms with Crippen LogP contribution in [0.25, 0.3) is 0 Å². The average molecular weight is 484 g/mol. The van der Waals surface area contributed by atoms with Crippen LogP contribution in [0, 0.1) is 0 Å². The van der Waals surface area contributed by atoms with Crippen molar-refractivity contribution >= 4 is 33.0 Å². The van der Waals surface area contributed by atoms with Crippen LogP contribution >= 0.6 is 0 Å². The average Bonchev–Trinajstić information content (AvgIpc) is 2.89. The standard InChI is InChI=1S/C28H25N3O3S/c32-28(22-13-15-26(16-14-22)31-18-17-21-7-4-5-8-23(21)20-31)29-24-9-6-10-25(19-24)30-35(33,34)27-11-2-1-3-12-27/h1-16,19,30H,17-18,20H2,(H,29,32). The van der Waals surface area contributed by atoms with Crippen LogP contribution in [0.15, 0.2) is 108 Å². The van der Waals surface area contributed by atoms with Crippen LogP contribution in [0.3, 0.4) is 0 Å². The van der Waals surface area contributed by atoms with E-state index < -0.39 is 10.0 Å². The third-order valence-electron chi connectivity index (χ3n) is 6.05. The normalized spacial score (nSPS) is 13.1. The van der Waals surface area contributed by atoms with Crippen molar-refractivity contribution in [2.75, 3.05) is 21.5 Å². The van der Waals surface area contributed by atoms with Gasteiger partial charge in [-0.2, -0.15) is 0 Å². The molecule has 1 aliphatic rings. The monoisotopic (exact) mass is 483 g/mol. The van der Waals surface area contributed by atoms with Gasteiger partial charge in [0.05, 0.1) is 10.6 Å². The molecule has 4 aromatic rings. The third kappa shape index (κ3) is 5.20. The summed E-state index contributed by atoms with van der Waals surface area (Å²) in [4.78, 5) is 15.3. The van der Waals surface area contributed by atoms with E-state index in [1.54, 1.807) is 42.5 Å². The zero-order valence-electron chi connectivity index (χ0n) is 19.0. The Labute approximate surface area is 205 Å². The first-order valence-corrected chi connectivity index (χ1v) is 12.9. The number of nitrogens with one attached hydrogen (secondary N) is 2. The van der Waals surface area contributed by atoms with E-state index in [2.05, 4.69) is 39.2 Å². The fraction of sp³-hybridized carbons (Fsp3) is 0.107. The van der Waals surface area contributed by atoms with Crippen molar-refractivity contribution in [1.29, 1.82) is 0 Å². The summed E-state index contributed by atoms with van der Waals surface area (Å²) < 4.78 is 27.7. The van der Waals surface area contributed by atoms with Crippen molar-refractivity contribution in [1.82, 2.24) is 0 Å². The van der Waals surface area contributed by atoms with E-state index in [1.807, 2.05) is 24.3 Å². The molecule has 0 unspecified atom stereocenters. The van der Waals surface area contributed by atoms with Gasteiger partial charge < -0.3 is 10.2 Å². The number of nitrogens with zero attached hydrogens (tertiary/aromatic N) is 1. The number of carbonyl (C=O) groups is 1. The Morgan fingerprint density at radius 3 is 2.20 bits per heavy atom. The van der Waals surface area contributed by atoms with Gasteiger partial charge in [-0.15, -0.1) is 0 Å². The van der Waals surface area contributed by atoms with E-state index >= 15 is 0 Å². The van der Waals surface area contributed by atoms with Gasteiger partial charge in [0.2, 0.25) is 0 Å². The molecule has 176 valence electrons. The number of rotatable bonds is 6. The molecule has 1 heterocycles. The van der Waals surface area contributed by atoms with Crippen LogP contribution in [0.5, 0.6) is 0 Å². The van der Waals surface area contributed by atoms with Crippen molar-refractivity contribution in [3.63, 3.8) is 0 Å². The Hall–Kier alpha value is -4.10. The van der Waals surface area contributed by atoms with Crippen LogP contribution in [0.1, 0.15) is 21.5 Å². The summed E-state index contributed by atoms with van der Waals surface area (Å²) in [6.07, 6.45) is 1.00. The van der Waals surface area contributed by atoms with Gasteiger partial charge in [0.1, 0.15) is 0 Å². The Morgan fingerprint density at radius 1 is 0.743 bits per heavy atom. The van der Waals surface area contributed by atoms with Gasteiger partial charge in [0, 0.05) is 30.0 Å². The zero-order valence-corrected chi connectivity index (χ0v) is 19.8. The topological polar surface area (TPSA) is 78.5 Å².